The minimum Gasteiger partial charge on any atom is -0.469 e. The molecular formula is C13H14N4O2. The third-order valence-corrected chi connectivity index (χ3v) is 3.86. The first kappa shape index (κ1) is 10.9. The molecule has 0 amide bonds. The van der Waals surface area contributed by atoms with Crippen LogP contribution in [0, 0.1) is 0 Å². The summed E-state index contributed by atoms with van der Waals surface area (Å²) in [7, 11) is 2.05. The molecule has 0 spiro atoms. The maximum absolute atomic E-state index is 6.05. The van der Waals surface area contributed by atoms with Gasteiger partial charge in [-0.05, 0) is 12.5 Å². The Hall–Kier alpha value is -1.95. The molecule has 6 nitrogen and oxygen atoms in total. The number of pyridine rings is 1. The molecule has 6 heteroatoms. The topological polar surface area (TPSA) is 60.4 Å². The van der Waals surface area contributed by atoms with Gasteiger partial charge in [0.1, 0.15) is 23.6 Å². The van der Waals surface area contributed by atoms with Crippen molar-refractivity contribution in [3.63, 3.8) is 0 Å². The van der Waals surface area contributed by atoms with Gasteiger partial charge in [-0.1, -0.05) is 0 Å². The molecule has 0 N–H and O–H groups in total. The molecule has 4 heterocycles. The Labute approximate surface area is 110 Å². The summed E-state index contributed by atoms with van der Waals surface area (Å²) < 4.78 is 11.6. The Bertz CT molecular complexity index is 628. The van der Waals surface area contributed by atoms with Gasteiger partial charge in [0.15, 0.2) is 0 Å². The van der Waals surface area contributed by atoms with Crippen LogP contribution < -0.4 is 9.64 Å². The maximum Gasteiger partial charge on any atom is 0.227 e. The minimum absolute atomic E-state index is 0.00829. The van der Waals surface area contributed by atoms with Crippen molar-refractivity contribution in [1.82, 2.24) is 15.0 Å². The lowest BCUT2D eigenvalue weighted by molar-refractivity contribution is -0.00628. The second-order valence-electron chi connectivity index (χ2n) is 4.91. The van der Waals surface area contributed by atoms with Crippen LogP contribution in [0.1, 0.15) is 6.42 Å². The van der Waals surface area contributed by atoms with Gasteiger partial charge in [-0.15, -0.1) is 0 Å². The van der Waals surface area contributed by atoms with E-state index in [0.717, 1.165) is 29.7 Å². The van der Waals surface area contributed by atoms with Gasteiger partial charge in [0.05, 0.1) is 18.2 Å². The number of rotatable bonds is 0. The van der Waals surface area contributed by atoms with E-state index >= 15 is 0 Å². The fourth-order valence-corrected chi connectivity index (χ4v) is 2.87. The van der Waals surface area contributed by atoms with Crippen molar-refractivity contribution in [2.45, 2.75) is 18.6 Å². The molecule has 0 saturated carbocycles. The number of anilines is 1. The van der Waals surface area contributed by atoms with E-state index in [4.69, 9.17) is 9.47 Å². The molecule has 0 aromatic carbocycles. The second kappa shape index (κ2) is 4.03. The zero-order valence-electron chi connectivity index (χ0n) is 10.6. The second-order valence-corrected chi connectivity index (χ2v) is 4.91. The van der Waals surface area contributed by atoms with Crippen molar-refractivity contribution < 1.29 is 9.47 Å². The molecule has 19 heavy (non-hydrogen) atoms. The quantitative estimate of drug-likeness (QED) is 0.703. The Balaban J connectivity index is 1.96. The predicted octanol–water partition coefficient (Wildman–Crippen LogP) is 1.01. The molecule has 2 unspecified atom stereocenters. The zero-order valence-corrected chi connectivity index (χ0v) is 10.6. The summed E-state index contributed by atoms with van der Waals surface area (Å²) in [6.07, 6.45) is 4.24. The zero-order chi connectivity index (χ0) is 12.8. The Kier molecular flexibility index (Phi) is 2.32. The van der Waals surface area contributed by atoms with E-state index in [1.807, 2.05) is 6.07 Å². The SMILES string of the molecule is CN1c2ncnc3ccnc(c23)OC2COCCC21. The highest BCUT2D eigenvalue weighted by Gasteiger charge is 2.36. The summed E-state index contributed by atoms with van der Waals surface area (Å²) in [5, 5.41) is 0.891. The fraction of sp³-hybridized carbons (Fsp3) is 0.462. The average molecular weight is 258 g/mol. The largest absolute Gasteiger partial charge is 0.469 e. The molecule has 1 fully saturated rings. The van der Waals surface area contributed by atoms with Gasteiger partial charge in [0, 0.05) is 19.9 Å². The Morgan fingerprint density at radius 3 is 3.21 bits per heavy atom. The van der Waals surface area contributed by atoms with Crippen molar-refractivity contribution in [3.05, 3.63) is 18.6 Å². The average Bonchev–Trinajstić information content (AvgIpc) is 2.58. The van der Waals surface area contributed by atoms with Gasteiger partial charge >= 0.3 is 0 Å². The summed E-state index contributed by atoms with van der Waals surface area (Å²) in [6, 6.07) is 2.15. The van der Waals surface area contributed by atoms with Gasteiger partial charge in [0.2, 0.25) is 5.88 Å². The number of hydrogen-bond acceptors (Lipinski definition) is 6. The molecule has 0 aliphatic carbocycles. The van der Waals surface area contributed by atoms with Crippen molar-refractivity contribution in [3.8, 4) is 5.88 Å². The molecule has 0 radical (unpaired) electrons. The van der Waals surface area contributed by atoms with E-state index in [1.165, 1.54) is 0 Å². The molecular weight excluding hydrogens is 244 g/mol. The number of ether oxygens (including phenoxy) is 2. The van der Waals surface area contributed by atoms with Crippen molar-refractivity contribution >= 4 is 16.7 Å². The fourth-order valence-electron chi connectivity index (χ4n) is 2.87. The number of nitrogens with zero attached hydrogens (tertiary/aromatic N) is 4. The van der Waals surface area contributed by atoms with Gasteiger partial charge < -0.3 is 14.4 Å². The van der Waals surface area contributed by atoms with Crippen LogP contribution in [0.4, 0.5) is 5.82 Å². The van der Waals surface area contributed by atoms with Crippen LogP contribution in [0.3, 0.4) is 0 Å². The smallest absolute Gasteiger partial charge is 0.227 e. The molecule has 4 rings (SSSR count). The first-order valence-corrected chi connectivity index (χ1v) is 6.41. The number of aromatic nitrogens is 3. The molecule has 2 atom stereocenters. The summed E-state index contributed by atoms with van der Waals surface area (Å²) in [5.41, 5.74) is 0.862. The van der Waals surface area contributed by atoms with Crippen LogP contribution in [-0.4, -0.2) is 47.4 Å². The lowest BCUT2D eigenvalue weighted by Gasteiger charge is -2.35. The minimum atomic E-state index is -0.00829. The predicted molar refractivity (Wildman–Crippen MR) is 69.4 cm³/mol. The first-order chi connectivity index (χ1) is 9.34. The summed E-state index contributed by atoms with van der Waals surface area (Å²) in [4.78, 5) is 15.2. The summed E-state index contributed by atoms with van der Waals surface area (Å²) in [5.74, 6) is 1.50. The molecule has 2 aromatic heterocycles. The van der Waals surface area contributed by atoms with Gasteiger partial charge in [-0.25, -0.2) is 15.0 Å². The van der Waals surface area contributed by atoms with Crippen molar-refractivity contribution in [2.75, 3.05) is 25.2 Å². The molecule has 2 aliphatic rings. The van der Waals surface area contributed by atoms with Crippen molar-refractivity contribution in [1.29, 1.82) is 0 Å². The van der Waals surface area contributed by atoms with Gasteiger partial charge in [0.25, 0.3) is 0 Å². The van der Waals surface area contributed by atoms with Crippen LogP contribution in [0.15, 0.2) is 18.6 Å². The van der Waals surface area contributed by atoms with Gasteiger partial charge in [-0.2, -0.15) is 0 Å². The van der Waals surface area contributed by atoms with E-state index in [1.54, 1.807) is 12.5 Å². The van der Waals surface area contributed by atoms with Crippen LogP contribution in [0.5, 0.6) is 5.88 Å². The monoisotopic (exact) mass is 258 g/mol. The lowest BCUT2D eigenvalue weighted by atomic mass is 10.0. The normalized spacial score (nSPS) is 25.6. The lowest BCUT2D eigenvalue weighted by Crippen LogP contribution is -2.49. The highest BCUT2D eigenvalue weighted by Crippen LogP contribution is 2.36. The standard InChI is InChI=1S/C13H14N4O2/c1-17-9-3-5-18-6-10(9)19-13-11-8(2-4-14-13)15-7-16-12(11)17/h2,4,7,9-10H,3,5-6H2,1H3. The van der Waals surface area contributed by atoms with Gasteiger partial charge in [-0.3, -0.25) is 0 Å². The first-order valence-electron chi connectivity index (χ1n) is 6.41. The van der Waals surface area contributed by atoms with E-state index in [2.05, 4.69) is 26.9 Å². The Morgan fingerprint density at radius 1 is 1.32 bits per heavy atom. The number of hydrogen-bond donors (Lipinski definition) is 0. The maximum atomic E-state index is 6.05. The van der Waals surface area contributed by atoms with E-state index in [9.17, 15) is 0 Å². The number of fused-ring (bicyclic) bond motifs is 1. The molecule has 1 saturated heterocycles. The van der Waals surface area contributed by atoms with E-state index < -0.39 is 0 Å². The third kappa shape index (κ3) is 1.56. The van der Waals surface area contributed by atoms with Crippen LogP contribution in [0.25, 0.3) is 10.9 Å². The summed E-state index contributed by atoms with van der Waals surface area (Å²) >= 11 is 0. The van der Waals surface area contributed by atoms with Crippen LogP contribution in [-0.2, 0) is 4.74 Å². The molecule has 0 bridgehead atoms. The summed E-state index contributed by atoms with van der Waals surface area (Å²) in [6.45, 7) is 1.35. The van der Waals surface area contributed by atoms with E-state index in [0.29, 0.717) is 12.5 Å². The third-order valence-electron chi connectivity index (χ3n) is 3.86. The molecule has 98 valence electrons. The van der Waals surface area contributed by atoms with Crippen molar-refractivity contribution in [2.24, 2.45) is 0 Å². The Morgan fingerprint density at radius 2 is 2.26 bits per heavy atom. The number of likely N-dealkylation sites (N-methyl/N-ethyl adjacent to an activating group) is 1. The van der Waals surface area contributed by atoms with Crippen LogP contribution >= 0.6 is 0 Å². The molecule has 2 aliphatic heterocycles. The molecule has 2 aromatic rings. The highest BCUT2D eigenvalue weighted by molar-refractivity contribution is 5.93. The highest BCUT2D eigenvalue weighted by atomic mass is 16.5. The van der Waals surface area contributed by atoms with Crippen LogP contribution in [0.2, 0.25) is 0 Å². The van der Waals surface area contributed by atoms with E-state index in [-0.39, 0.29) is 12.1 Å².